The van der Waals surface area contributed by atoms with Crippen molar-refractivity contribution in [2.45, 2.75) is 78.9 Å². The van der Waals surface area contributed by atoms with Crippen LogP contribution < -0.4 is 0 Å². The van der Waals surface area contributed by atoms with Gasteiger partial charge in [-0.25, -0.2) is 0 Å². The average Bonchev–Trinajstić information content (AvgIpc) is 3.45. The summed E-state index contributed by atoms with van der Waals surface area (Å²) in [6.07, 6.45) is 15.5. The van der Waals surface area contributed by atoms with E-state index in [1.54, 1.807) is 38.1 Å². The Morgan fingerprint density at radius 3 is 2.13 bits per heavy atom. The van der Waals surface area contributed by atoms with Gasteiger partial charge in [-0.1, -0.05) is 65.7 Å². The van der Waals surface area contributed by atoms with Crippen LogP contribution in [-0.2, 0) is 14.3 Å². The molecular weight excluding hydrogens is 528 g/mol. The van der Waals surface area contributed by atoms with Crippen LogP contribution in [0.4, 0.5) is 0 Å². The van der Waals surface area contributed by atoms with Crippen molar-refractivity contribution in [2.75, 3.05) is 32.5 Å². The number of aliphatic hydroxyl groups excluding tert-OH is 1. The lowest BCUT2D eigenvalue weighted by molar-refractivity contribution is -0.140. The molecule has 39 heavy (non-hydrogen) atoms. The van der Waals surface area contributed by atoms with Crippen LogP contribution in [0.1, 0.15) is 67.2 Å². The van der Waals surface area contributed by atoms with Gasteiger partial charge in [0.05, 0.1) is 12.7 Å². The number of rotatable bonds is 5. The first-order valence-electron chi connectivity index (χ1n) is 14.1. The van der Waals surface area contributed by atoms with Crippen LogP contribution in [0, 0.1) is 40.9 Å². The molecule has 4 aliphatic rings. The SMILES string of the molecule is C=CCC=O.CCCC.COCC1=CC2C([C@H](C)C(O)C3[C@H]2C3(C)C)[C@@H]2C=C(C)C(=O)C2(O)C1.CS.CSC. The first-order valence-corrected chi connectivity index (χ1v) is 16.6. The zero-order valence-electron chi connectivity index (χ0n) is 26.1. The summed E-state index contributed by atoms with van der Waals surface area (Å²) in [6, 6.07) is 0. The molecule has 0 aromatic carbocycles. The number of allylic oxidation sites excluding steroid dienone is 2. The number of hydrogen-bond donors (Lipinski definition) is 3. The fourth-order valence-corrected chi connectivity index (χ4v) is 6.67. The molecule has 8 atom stereocenters. The molecule has 5 unspecified atom stereocenters. The summed E-state index contributed by atoms with van der Waals surface area (Å²) >= 11 is 5.28. The molecule has 4 aliphatic carbocycles. The van der Waals surface area contributed by atoms with Crippen molar-refractivity contribution in [2.24, 2.45) is 40.9 Å². The van der Waals surface area contributed by atoms with Gasteiger partial charge in [-0.2, -0.15) is 24.4 Å². The first-order chi connectivity index (χ1) is 18.4. The Bertz CT molecular complexity index is 828. The standard InChI is InChI=1S/C21H30O4.C4H6O.C4H10.C2H6S.CH4S/c1-10-6-14-15-11(2)18(22)17-16(20(17,3)4)13(15)7-12(9-25-5)8-21(14,24)19(10)23;1-2-3-4-5;1-3-4-2;1-3-2;1-2/h6-7,11,13-18,22,24H,8-9H2,1-5H3;2,4H,1,3H2;3-4H2,1-2H3;1-2H3;2H,1H3/t11-,13?,14-,15?,16-,17?,18?,21?;;;;/m0..../s1. The Kier molecular flexibility index (Phi) is 17.4. The average molecular weight is 585 g/mol. The first kappa shape index (κ1) is 38.1. The third kappa shape index (κ3) is 8.81. The number of methoxy groups -OCH3 is 1. The van der Waals surface area contributed by atoms with Gasteiger partial charge < -0.3 is 19.7 Å². The number of hydrogen-bond acceptors (Lipinski definition) is 7. The van der Waals surface area contributed by atoms with Crippen LogP contribution >= 0.6 is 24.4 Å². The van der Waals surface area contributed by atoms with Gasteiger partial charge in [0.15, 0.2) is 5.78 Å². The van der Waals surface area contributed by atoms with E-state index < -0.39 is 5.60 Å². The number of thiol groups is 1. The third-order valence-electron chi connectivity index (χ3n) is 8.53. The number of fused-ring (bicyclic) bond motifs is 5. The van der Waals surface area contributed by atoms with Crippen molar-refractivity contribution in [1.82, 2.24) is 0 Å². The van der Waals surface area contributed by atoms with Crippen LogP contribution in [0.5, 0.6) is 0 Å². The molecule has 0 radical (unpaired) electrons. The molecule has 0 aromatic rings. The lowest BCUT2D eigenvalue weighted by atomic mass is 9.63. The number of aliphatic hydroxyl groups is 2. The quantitative estimate of drug-likeness (QED) is 0.196. The van der Waals surface area contributed by atoms with Gasteiger partial charge >= 0.3 is 0 Å². The van der Waals surface area contributed by atoms with E-state index in [9.17, 15) is 19.8 Å². The number of unbranched alkanes of at least 4 members (excludes halogenated alkanes) is 1. The van der Waals surface area contributed by atoms with E-state index >= 15 is 0 Å². The van der Waals surface area contributed by atoms with Crippen LogP contribution in [0.15, 0.2) is 36.0 Å². The van der Waals surface area contributed by atoms with Crippen molar-refractivity contribution in [1.29, 1.82) is 0 Å². The number of carbonyl (C=O) groups excluding carboxylic acids is 2. The Labute approximate surface area is 248 Å². The maximum absolute atomic E-state index is 12.8. The largest absolute Gasteiger partial charge is 0.393 e. The Morgan fingerprint density at radius 2 is 1.72 bits per heavy atom. The van der Waals surface area contributed by atoms with E-state index in [1.165, 1.54) is 12.8 Å². The summed E-state index contributed by atoms with van der Waals surface area (Å²) in [5.74, 6) is 0.741. The van der Waals surface area contributed by atoms with Crippen LogP contribution in [-0.4, -0.2) is 66.5 Å². The van der Waals surface area contributed by atoms with Crippen LogP contribution in [0.25, 0.3) is 0 Å². The van der Waals surface area contributed by atoms with Crippen molar-refractivity contribution in [3.63, 3.8) is 0 Å². The monoisotopic (exact) mass is 584 g/mol. The molecule has 0 aliphatic heterocycles. The maximum atomic E-state index is 12.8. The minimum absolute atomic E-state index is 0.0534. The molecule has 0 spiro atoms. The van der Waals surface area contributed by atoms with Crippen LogP contribution in [0.2, 0.25) is 0 Å². The molecule has 2 saturated carbocycles. The Morgan fingerprint density at radius 1 is 1.18 bits per heavy atom. The summed E-state index contributed by atoms with van der Waals surface area (Å²) in [6.45, 7) is 16.5. The molecular formula is C32H56O5S2. The summed E-state index contributed by atoms with van der Waals surface area (Å²) in [4.78, 5) is 22.1. The van der Waals surface area contributed by atoms with Crippen molar-refractivity contribution >= 4 is 36.5 Å². The number of thioether (sulfide) groups is 1. The Balaban J connectivity index is 0.000000869. The van der Waals surface area contributed by atoms with E-state index in [1.807, 2.05) is 18.6 Å². The van der Waals surface area contributed by atoms with Gasteiger partial charge in [0.2, 0.25) is 0 Å². The normalized spacial score (nSPS) is 34.4. The smallest absolute Gasteiger partial charge is 0.190 e. The fraction of sp³-hybridized carbons (Fsp3) is 0.750. The summed E-state index contributed by atoms with van der Waals surface area (Å²) in [5.41, 5.74) is 0.395. The van der Waals surface area contributed by atoms with Crippen molar-refractivity contribution in [3.8, 4) is 0 Å². The molecule has 226 valence electrons. The molecule has 7 heteroatoms. The molecule has 0 saturated heterocycles. The maximum Gasteiger partial charge on any atom is 0.190 e. The molecule has 2 fully saturated rings. The fourth-order valence-electron chi connectivity index (χ4n) is 6.67. The molecule has 2 N–H and O–H groups in total. The third-order valence-corrected chi connectivity index (χ3v) is 8.53. The Hall–Kier alpha value is -0.860. The topological polar surface area (TPSA) is 83.8 Å². The lowest BCUT2D eigenvalue weighted by Gasteiger charge is -2.43. The number of ether oxygens (including phenoxy) is 1. The van der Waals surface area contributed by atoms with Gasteiger partial charge in [0, 0.05) is 25.9 Å². The second-order valence-electron chi connectivity index (χ2n) is 11.5. The highest BCUT2D eigenvalue weighted by molar-refractivity contribution is 7.97. The van der Waals surface area contributed by atoms with Crippen molar-refractivity contribution in [3.05, 3.63) is 36.0 Å². The van der Waals surface area contributed by atoms with Gasteiger partial charge in [-0.05, 0) is 71.8 Å². The predicted octanol–water partition coefficient (Wildman–Crippen LogP) is 6.45. The number of aldehydes is 1. The second-order valence-corrected chi connectivity index (χ2v) is 12.4. The highest BCUT2D eigenvalue weighted by atomic mass is 32.2. The zero-order chi connectivity index (χ0) is 30.6. The van der Waals surface area contributed by atoms with E-state index in [-0.39, 0.29) is 41.0 Å². The number of ketones is 1. The van der Waals surface area contributed by atoms with Gasteiger partial charge in [-0.3, -0.25) is 4.79 Å². The zero-order valence-corrected chi connectivity index (χ0v) is 27.8. The minimum Gasteiger partial charge on any atom is -0.393 e. The van der Waals surface area contributed by atoms with Crippen molar-refractivity contribution < 1.29 is 24.5 Å². The van der Waals surface area contributed by atoms with Gasteiger partial charge in [-0.15, -0.1) is 6.58 Å². The van der Waals surface area contributed by atoms with E-state index in [4.69, 9.17) is 4.74 Å². The number of carbonyl (C=O) groups is 2. The van der Waals surface area contributed by atoms with Gasteiger partial charge in [0.25, 0.3) is 0 Å². The van der Waals surface area contributed by atoms with E-state index in [0.717, 1.165) is 11.9 Å². The summed E-state index contributed by atoms with van der Waals surface area (Å²) in [5, 5.41) is 22.3. The molecule has 0 heterocycles. The highest BCUT2D eigenvalue weighted by Crippen LogP contribution is 2.71. The summed E-state index contributed by atoms with van der Waals surface area (Å²) in [7, 11) is 1.65. The molecule has 4 rings (SSSR count). The molecule has 0 amide bonds. The molecule has 0 bridgehead atoms. The van der Waals surface area contributed by atoms with Crippen LogP contribution in [0.3, 0.4) is 0 Å². The second kappa shape index (κ2) is 17.8. The van der Waals surface area contributed by atoms with E-state index in [0.29, 0.717) is 36.9 Å². The minimum atomic E-state index is -1.38. The molecule has 5 nitrogen and oxygen atoms in total. The predicted molar refractivity (Wildman–Crippen MR) is 171 cm³/mol. The number of Topliss-reactive ketones (excluding diaryl/α,β-unsaturated/α-hetero) is 1. The molecule has 0 aromatic heterocycles. The lowest BCUT2D eigenvalue weighted by Crippen LogP contribution is -2.50. The van der Waals surface area contributed by atoms with E-state index in [2.05, 4.69) is 59.9 Å². The van der Waals surface area contributed by atoms with Gasteiger partial charge in [0.1, 0.15) is 11.9 Å². The highest BCUT2D eigenvalue weighted by Gasteiger charge is 2.71. The summed E-state index contributed by atoms with van der Waals surface area (Å²) < 4.78 is 5.36.